The molecular weight excluding hydrogens is 196 g/mol. The first-order valence-corrected chi connectivity index (χ1v) is 5.71. The van der Waals surface area contributed by atoms with Crippen LogP contribution in [0.15, 0.2) is 42.5 Å². The van der Waals surface area contributed by atoms with Crippen LogP contribution in [-0.4, -0.2) is 12.6 Å². The van der Waals surface area contributed by atoms with Crippen molar-refractivity contribution in [1.29, 1.82) is 0 Å². The summed E-state index contributed by atoms with van der Waals surface area (Å²) in [6.07, 6.45) is 0. The fraction of sp³-hybridized carbons (Fsp3) is 0.286. The molecule has 2 nitrogen and oxygen atoms in total. The van der Waals surface area contributed by atoms with Gasteiger partial charge in [-0.1, -0.05) is 42.5 Å². The lowest BCUT2D eigenvalue weighted by molar-refractivity contribution is 0.558. The third kappa shape index (κ3) is 2.40. The molecule has 1 atom stereocenters. The summed E-state index contributed by atoms with van der Waals surface area (Å²) in [6, 6.07) is 15.2. The van der Waals surface area contributed by atoms with Crippen molar-refractivity contribution < 1.29 is 0 Å². The minimum Gasteiger partial charge on any atom is -0.329 e. The van der Waals surface area contributed by atoms with Gasteiger partial charge in [0.25, 0.3) is 0 Å². The van der Waals surface area contributed by atoms with Crippen LogP contribution in [0.1, 0.15) is 12.5 Å². The molecule has 0 fully saturated rings. The number of rotatable bonds is 4. The van der Waals surface area contributed by atoms with Crippen LogP contribution in [0.2, 0.25) is 0 Å². The zero-order valence-corrected chi connectivity index (χ0v) is 9.61. The summed E-state index contributed by atoms with van der Waals surface area (Å²) in [5.41, 5.74) is 6.92. The SMILES string of the molecule is CC(CN)NCc1cccc2ccccc12. The van der Waals surface area contributed by atoms with E-state index >= 15 is 0 Å². The molecule has 0 saturated heterocycles. The van der Waals surface area contributed by atoms with Crippen molar-refractivity contribution in [3.05, 3.63) is 48.0 Å². The lowest BCUT2D eigenvalue weighted by Gasteiger charge is -2.12. The molecule has 16 heavy (non-hydrogen) atoms. The summed E-state index contributed by atoms with van der Waals surface area (Å²) >= 11 is 0. The van der Waals surface area contributed by atoms with Gasteiger partial charge >= 0.3 is 0 Å². The number of hydrogen-bond acceptors (Lipinski definition) is 2. The molecule has 0 heterocycles. The van der Waals surface area contributed by atoms with Gasteiger partial charge in [0, 0.05) is 19.1 Å². The summed E-state index contributed by atoms with van der Waals surface area (Å²) in [4.78, 5) is 0. The Balaban J connectivity index is 2.23. The van der Waals surface area contributed by atoms with Crippen molar-refractivity contribution >= 4 is 10.8 Å². The molecule has 0 aliphatic heterocycles. The van der Waals surface area contributed by atoms with E-state index in [0.29, 0.717) is 12.6 Å². The molecule has 3 N–H and O–H groups in total. The summed E-state index contributed by atoms with van der Waals surface area (Å²) in [6.45, 7) is 3.65. The second-order valence-electron chi connectivity index (χ2n) is 4.16. The Bertz CT molecular complexity index is 460. The van der Waals surface area contributed by atoms with Gasteiger partial charge in [0.2, 0.25) is 0 Å². The second-order valence-corrected chi connectivity index (χ2v) is 4.16. The van der Waals surface area contributed by atoms with Gasteiger partial charge in [-0.15, -0.1) is 0 Å². The predicted molar refractivity (Wildman–Crippen MR) is 69.3 cm³/mol. The number of hydrogen-bond donors (Lipinski definition) is 2. The molecule has 0 aliphatic carbocycles. The minimum absolute atomic E-state index is 0.360. The van der Waals surface area contributed by atoms with Gasteiger partial charge in [-0.25, -0.2) is 0 Å². The minimum atomic E-state index is 0.360. The molecule has 0 radical (unpaired) electrons. The zero-order chi connectivity index (χ0) is 11.4. The van der Waals surface area contributed by atoms with Crippen LogP contribution in [0.25, 0.3) is 10.8 Å². The van der Waals surface area contributed by atoms with E-state index in [-0.39, 0.29) is 0 Å². The van der Waals surface area contributed by atoms with Crippen molar-refractivity contribution in [1.82, 2.24) is 5.32 Å². The lowest BCUT2D eigenvalue weighted by Crippen LogP contribution is -2.32. The maximum atomic E-state index is 5.59. The Kier molecular flexibility index (Phi) is 3.54. The molecule has 0 saturated carbocycles. The van der Waals surface area contributed by atoms with Crippen molar-refractivity contribution in [2.75, 3.05) is 6.54 Å². The number of nitrogens with one attached hydrogen (secondary N) is 1. The fourth-order valence-corrected chi connectivity index (χ4v) is 1.81. The van der Waals surface area contributed by atoms with Crippen LogP contribution in [-0.2, 0) is 6.54 Å². The van der Waals surface area contributed by atoms with Crippen molar-refractivity contribution in [3.8, 4) is 0 Å². The predicted octanol–water partition coefficient (Wildman–Crippen LogP) is 2.28. The van der Waals surface area contributed by atoms with Crippen molar-refractivity contribution in [3.63, 3.8) is 0 Å². The largest absolute Gasteiger partial charge is 0.329 e. The van der Waals surface area contributed by atoms with Crippen LogP contribution >= 0.6 is 0 Å². The van der Waals surface area contributed by atoms with E-state index in [2.05, 4.69) is 54.7 Å². The quantitative estimate of drug-likeness (QED) is 0.819. The molecule has 0 aliphatic rings. The highest BCUT2D eigenvalue weighted by Crippen LogP contribution is 2.18. The van der Waals surface area contributed by atoms with E-state index in [0.717, 1.165) is 6.54 Å². The van der Waals surface area contributed by atoms with Gasteiger partial charge in [-0.3, -0.25) is 0 Å². The topological polar surface area (TPSA) is 38.0 Å². The van der Waals surface area contributed by atoms with Crippen LogP contribution in [0, 0.1) is 0 Å². The van der Waals surface area contributed by atoms with E-state index in [1.165, 1.54) is 16.3 Å². The second kappa shape index (κ2) is 5.10. The molecule has 1 unspecified atom stereocenters. The Morgan fingerprint density at radius 3 is 2.69 bits per heavy atom. The molecular formula is C14H18N2. The highest BCUT2D eigenvalue weighted by molar-refractivity contribution is 5.85. The van der Waals surface area contributed by atoms with E-state index in [1.807, 2.05) is 0 Å². The first-order chi connectivity index (χ1) is 7.81. The summed E-state index contributed by atoms with van der Waals surface area (Å²) in [5.74, 6) is 0. The fourth-order valence-electron chi connectivity index (χ4n) is 1.81. The standard InChI is InChI=1S/C14H18N2/c1-11(9-15)16-10-13-7-4-6-12-5-2-3-8-14(12)13/h2-8,11,16H,9-10,15H2,1H3. The van der Waals surface area contributed by atoms with Crippen LogP contribution in [0.5, 0.6) is 0 Å². The van der Waals surface area contributed by atoms with Gasteiger partial charge in [0.15, 0.2) is 0 Å². The maximum absolute atomic E-state index is 5.59. The van der Waals surface area contributed by atoms with Gasteiger partial charge < -0.3 is 11.1 Å². The van der Waals surface area contributed by atoms with Gasteiger partial charge in [0.05, 0.1) is 0 Å². The van der Waals surface area contributed by atoms with Crippen molar-refractivity contribution in [2.45, 2.75) is 19.5 Å². The molecule has 0 bridgehead atoms. The Morgan fingerprint density at radius 1 is 1.12 bits per heavy atom. The van der Waals surface area contributed by atoms with E-state index in [1.54, 1.807) is 0 Å². The van der Waals surface area contributed by atoms with Crippen LogP contribution < -0.4 is 11.1 Å². The molecule has 2 aromatic rings. The first-order valence-electron chi connectivity index (χ1n) is 5.71. The summed E-state index contributed by atoms with van der Waals surface area (Å²) < 4.78 is 0. The maximum Gasteiger partial charge on any atom is 0.0214 e. The van der Waals surface area contributed by atoms with Crippen molar-refractivity contribution in [2.24, 2.45) is 5.73 Å². The number of nitrogens with two attached hydrogens (primary N) is 1. The Hall–Kier alpha value is -1.38. The lowest BCUT2D eigenvalue weighted by atomic mass is 10.0. The van der Waals surface area contributed by atoms with E-state index < -0.39 is 0 Å². The monoisotopic (exact) mass is 214 g/mol. The third-order valence-electron chi connectivity index (χ3n) is 2.87. The number of fused-ring (bicyclic) bond motifs is 1. The van der Waals surface area contributed by atoms with Crippen LogP contribution in [0.4, 0.5) is 0 Å². The van der Waals surface area contributed by atoms with Gasteiger partial charge in [0.1, 0.15) is 0 Å². The molecule has 0 amide bonds. The van der Waals surface area contributed by atoms with E-state index in [9.17, 15) is 0 Å². The summed E-state index contributed by atoms with van der Waals surface area (Å²) in [5, 5.41) is 6.03. The molecule has 0 spiro atoms. The first kappa shape index (κ1) is 11.1. The van der Waals surface area contributed by atoms with Crippen LogP contribution in [0.3, 0.4) is 0 Å². The average molecular weight is 214 g/mol. The molecule has 0 aromatic heterocycles. The van der Waals surface area contributed by atoms with Gasteiger partial charge in [-0.05, 0) is 23.3 Å². The molecule has 2 rings (SSSR count). The normalized spacial score (nSPS) is 12.9. The highest BCUT2D eigenvalue weighted by atomic mass is 14.9. The zero-order valence-electron chi connectivity index (χ0n) is 9.61. The third-order valence-corrected chi connectivity index (χ3v) is 2.87. The highest BCUT2D eigenvalue weighted by Gasteiger charge is 2.01. The Morgan fingerprint density at radius 2 is 1.88 bits per heavy atom. The van der Waals surface area contributed by atoms with E-state index in [4.69, 9.17) is 5.73 Å². The van der Waals surface area contributed by atoms with Gasteiger partial charge in [-0.2, -0.15) is 0 Å². The molecule has 2 heteroatoms. The summed E-state index contributed by atoms with van der Waals surface area (Å²) in [7, 11) is 0. The number of benzene rings is 2. The average Bonchev–Trinajstić information content (AvgIpc) is 2.35. The smallest absolute Gasteiger partial charge is 0.0214 e. The molecule has 2 aromatic carbocycles. The molecule has 84 valence electrons. The Labute approximate surface area is 96.5 Å².